The van der Waals surface area contributed by atoms with E-state index in [1.165, 1.54) is 84.0 Å². The van der Waals surface area contributed by atoms with Gasteiger partial charge in [-0.3, -0.25) is 14.4 Å². The predicted molar refractivity (Wildman–Crippen MR) is 166 cm³/mol. The van der Waals surface area contributed by atoms with Crippen molar-refractivity contribution in [3.05, 3.63) is 22.3 Å². The number of hydrogen-bond acceptors (Lipinski definition) is 7. The van der Waals surface area contributed by atoms with E-state index in [1.807, 2.05) is 20.8 Å². The van der Waals surface area contributed by atoms with Gasteiger partial charge in [0.05, 0.1) is 25.9 Å². The number of ether oxygens (including phenoxy) is 4. The summed E-state index contributed by atoms with van der Waals surface area (Å²) in [4.78, 5) is 33.8. The van der Waals surface area contributed by atoms with E-state index in [0.29, 0.717) is 36.5 Å². The van der Waals surface area contributed by atoms with Crippen LogP contribution >= 0.6 is 0 Å². The maximum Gasteiger partial charge on any atom is 0.305 e. The van der Waals surface area contributed by atoms with Crippen molar-refractivity contribution in [1.29, 1.82) is 0 Å². The molecule has 1 aromatic carbocycles. The minimum atomic E-state index is -0.110. The number of Topliss-reactive ketones (excluding diaryl/α,β-unsaturated/α-hetero) is 1. The lowest BCUT2D eigenvalue weighted by Gasteiger charge is -2.21. The van der Waals surface area contributed by atoms with E-state index in [0.717, 1.165) is 29.4 Å². The summed E-state index contributed by atoms with van der Waals surface area (Å²) in [6.45, 7) is 10.1. The fourth-order valence-electron chi connectivity index (χ4n) is 4.88. The van der Waals surface area contributed by atoms with Crippen molar-refractivity contribution in [2.75, 3.05) is 27.4 Å². The smallest absolute Gasteiger partial charge is 0.305 e. The Bertz CT molecular complexity index is 863. The Balaban J connectivity index is 0.000000782. The van der Waals surface area contributed by atoms with Gasteiger partial charge in [0.2, 0.25) is 0 Å². The molecule has 0 atom stereocenters. The zero-order chi connectivity index (χ0) is 30.9. The van der Waals surface area contributed by atoms with Crippen LogP contribution in [0.3, 0.4) is 0 Å². The molecule has 0 amide bonds. The van der Waals surface area contributed by atoms with Crippen LogP contribution in [-0.2, 0) is 32.1 Å². The maximum atomic E-state index is 11.5. The maximum absolute atomic E-state index is 11.5. The fraction of sp³-hybridized carbons (Fsp3) is 0.735. The second kappa shape index (κ2) is 25.3. The van der Waals surface area contributed by atoms with Gasteiger partial charge in [0.15, 0.2) is 12.1 Å². The summed E-state index contributed by atoms with van der Waals surface area (Å²) in [5.41, 5.74) is 2.79. The lowest BCUT2D eigenvalue weighted by Crippen LogP contribution is -2.13. The Morgan fingerprint density at radius 2 is 1.29 bits per heavy atom. The molecule has 7 nitrogen and oxygen atoms in total. The highest BCUT2D eigenvalue weighted by Gasteiger charge is 2.23. The molecule has 0 unspecified atom stereocenters. The van der Waals surface area contributed by atoms with Gasteiger partial charge >= 0.3 is 5.97 Å². The molecule has 0 N–H and O–H groups in total. The summed E-state index contributed by atoms with van der Waals surface area (Å²) in [7, 11) is 3.14. The average molecular weight is 579 g/mol. The predicted octanol–water partition coefficient (Wildman–Crippen LogP) is 8.52. The molecule has 0 radical (unpaired) electrons. The van der Waals surface area contributed by atoms with Crippen molar-refractivity contribution in [2.45, 2.75) is 138 Å². The van der Waals surface area contributed by atoms with Crippen molar-refractivity contribution in [2.24, 2.45) is 0 Å². The van der Waals surface area contributed by atoms with Crippen LogP contribution in [0.5, 0.6) is 11.5 Å². The average Bonchev–Trinajstić information content (AvgIpc) is 2.95. The quantitative estimate of drug-likeness (QED) is 0.0730. The van der Waals surface area contributed by atoms with Crippen molar-refractivity contribution in [3.8, 4) is 11.5 Å². The Hall–Kier alpha value is -2.41. The number of unbranched alkanes of at least 4 members (excludes halogenated alkanes) is 12. The number of carbonyl (C=O) groups excluding carboxylic acids is 3. The second-order valence-corrected chi connectivity index (χ2v) is 10.6. The van der Waals surface area contributed by atoms with Crippen LogP contribution in [-0.4, -0.2) is 45.5 Å². The van der Waals surface area contributed by atoms with Crippen LogP contribution in [0.25, 0.3) is 0 Å². The minimum Gasteiger partial charge on any atom is -0.496 e. The molecule has 0 fully saturated rings. The molecule has 0 heterocycles. The van der Waals surface area contributed by atoms with Crippen LogP contribution in [0.4, 0.5) is 0 Å². The molecule has 0 bridgehead atoms. The molecule has 0 saturated heterocycles. The highest BCUT2D eigenvalue weighted by Crippen LogP contribution is 2.39. The van der Waals surface area contributed by atoms with Gasteiger partial charge in [0.25, 0.3) is 0 Å². The van der Waals surface area contributed by atoms with Crippen molar-refractivity contribution in [3.63, 3.8) is 0 Å². The molecule has 0 aromatic heterocycles. The Morgan fingerprint density at radius 1 is 0.756 bits per heavy atom. The lowest BCUT2D eigenvalue weighted by atomic mass is 9.95. The molecular weight excluding hydrogens is 520 g/mol. The molecule has 41 heavy (non-hydrogen) atoms. The van der Waals surface area contributed by atoms with E-state index in [4.69, 9.17) is 18.9 Å². The first-order valence-electron chi connectivity index (χ1n) is 15.8. The third-order valence-corrected chi connectivity index (χ3v) is 7.08. The van der Waals surface area contributed by atoms with Gasteiger partial charge in [-0.15, -0.1) is 0 Å². The lowest BCUT2D eigenvalue weighted by molar-refractivity contribution is -0.143. The summed E-state index contributed by atoms with van der Waals surface area (Å²) in [5.74, 6) is 0.947. The van der Waals surface area contributed by atoms with Crippen molar-refractivity contribution >= 4 is 18.0 Å². The zero-order valence-corrected chi connectivity index (χ0v) is 27.2. The molecular formula is C34H58O7. The number of esters is 1. The van der Waals surface area contributed by atoms with E-state index in [-0.39, 0.29) is 25.0 Å². The first kappa shape index (κ1) is 38.6. The Labute approximate surface area is 250 Å². The van der Waals surface area contributed by atoms with E-state index in [9.17, 15) is 14.4 Å². The monoisotopic (exact) mass is 578 g/mol. The third-order valence-electron chi connectivity index (χ3n) is 7.08. The van der Waals surface area contributed by atoms with Gasteiger partial charge in [-0.25, -0.2) is 0 Å². The van der Waals surface area contributed by atoms with Crippen LogP contribution in [0.15, 0.2) is 0 Å². The summed E-state index contributed by atoms with van der Waals surface area (Å²) >= 11 is 0. The van der Waals surface area contributed by atoms with Crippen molar-refractivity contribution < 1.29 is 33.3 Å². The van der Waals surface area contributed by atoms with Gasteiger partial charge in [0.1, 0.15) is 18.1 Å². The number of benzene rings is 1. The van der Waals surface area contributed by atoms with E-state index in [1.54, 1.807) is 14.2 Å². The van der Waals surface area contributed by atoms with Crippen LogP contribution in [0.2, 0.25) is 0 Å². The van der Waals surface area contributed by atoms with Crippen LogP contribution in [0.1, 0.15) is 145 Å². The largest absolute Gasteiger partial charge is 0.496 e. The third kappa shape index (κ3) is 16.6. The first-order valence-corrected chi connectivity index (χ1v) is 15.8. The Morgan fingerprint density at radius 3 is 1.71 bits per heavy atom. The number of carbonyl (C=O) groups is 3. The van der Waals surface area contributed by atoms with Gasteiger partial charge in [-0.2, -0.15) is 0 Å². The SMILES string of the molecule is CCCCCCCCCCCCCCCC(=O)OCC.CCc1c(OC)c(C)c(COC)c(C=O)c1OCC(C)=O. The van der Waals surface area contributed by atoms with E-state index < -0.39 is 0 Å². The summed E-state index contributed by atoms with van der Waals surface area (Å²) < 4.78 is 21.1. The summed E-state index contributed by atoms with van der Waals surface area (Å²) in [6.07, 6.45) is 19.4. The number of aldehydes is 1. The van der Waals surface area contributed by atoms with Crippen LogP contribution in [0, 0.1) is 6.92 Å². The first-order chi connectivity index (χ1) is 19.8. The standard InChI is InChI=1S/C18H36O2.C16H22O5/c1-3-5-6-7-8-9-10-11-12-13-14-15-16-17-18(19)20-4-2;1-6-12-15(20-5)11(3)14(9-19-4)13(7-17)16(12)21-8-10(2)18/h3-17H2,1-2H3;7H,6,8-9H2,1-5H3. The molecule has 0 aliphatic carbocycles. The minimum absolute atomic E-state index is 0.0319. The number of ketones is 1. The highest BCUT2D eigenvalue weighted by atomic mass is 16.5. The molecule has 236 valence electrons. The number of methoxy groups -OCH3 is 2. The fourth-order valence-corrected chi connectivity index (χ4v) is 4.88. The van der Waals surface area contributed by atoms with E-state index in [2.05, 4.69) is 6.92 Å². The number of hydrogen-bond donors (Lipinski definition) is 0. The molecule has 1 aromatic rings. The van der Waals surface area contributed by atoms with Gasteiger partial charge in [-0.1, -0.05) is 90.9 Å². The van der Waals surface area contributed by atoms with Gasteiger partial charge in [-0.05, 0) is 44.7 Å². The van der Waals surface area contributed by atoms with Gasteiger partial charge in [0, 0.05) is 19.1 Å². The van der Waals surface area contributed by atoms with Crippen LogP contribution < -0.4 is 9.47 Å². The molecule has 0 aliphatic rings. The molecule has 0 saturated carbocycles. The normalized spacial score (nSPS) is 10.5. The molecule has 0 spiro atoms. The summed E-state index contributed by atoms with van der Waals surface area (Å²) in [6, 6.07) is 0. The molecule has 0 aliphatic heterocycles. The van der Waals surface area contributed by atoms with Crippen molar-refractivity contribution in [1.82, 2.24) is 0 Å². The summed E-state index contributed by atoms with van der Waals surface area (Å²) in [5, 5.41) is 0. The van der Waals surface area contributed by atoms with E-state index >= 15 is 0 Å². The number of rotatable bonds is 23. The topological polar surface area (TPSA) is 88.1 Å². The van der Waals surface area contributed by atoms with Gasteiger partial charge < -0.3 is 18.9 Å². The highest BCUT2D eigenvalue weighted by molar-refractivity contribution is 5.85. The Kier molecular flexibility index (Phi) is 23.8. The zero-order valence-electron chi connectivity index (χ0n) is 27.2. The molecule has 1 rings (SSSR count). The molecule has 7 heteroatoms. The second-order valence-electron chi connectivity index (χ2n) is 10.6.